The summed E-state index contributed by atoms with van der Waals surface area (Å²) in [7, 11) is 0. The van der Waals surface area contributed by atoms with Gasteiger partial charge in [0.2, 0.25) is 0 Å². The molecule has 118 valence electrons. The molecule has 0 atom stereocenters. The molecule has 0 unspecified atom stereocenters. The summed E-state index contributed by atoms with van der Waals surface area (Å²) in [6.07, 6.45) is 4.81. The Morgan fingerprint density at radius 3 is 2.30 bits per heavy atom. The predicted molar refractivity (Wildman–Crippen MR) is 86.4 cm³/mol. The van der Waals surface area contributed by atoms with Gasteiger partial charge in [-0.25, -0.2) is 9.78 Å². The molecule has 23 heavy (non-hydrogen) atoms. The summed E-state index contributed by atoms with van der Waals surface area (Å²) in [5, 5.41) is 9.00. The van der Waals surface area contributed by atoms with Gasteiger partial charge in [-0.1, -0.05) is 12.1 Å². The van der Waals surface area contributed by atoms with Crippen molar-refractivity contribution in [3.8, 4) is 11.1 Å². The van der Waals surface area contributed by atoms with Gasteiger partial charge in [0.25, 0.3) is 5.91 Å². The molecule has 0 radical (unpaired) electrons. The second kappa shape index (κ2) is 6.60. The number of hydrogen-bond donors (Lipinski definition) is 1. The van der Waals surface area contributed by atoms with E-state index in [4.69, 9.17) is 5.11 Å². The van der Waals surface area contributed by atoms with Crippen LogP contribution in [0.1, 0.15) is 40.1 Å². The van der Waals surface area contributed by atoms with E-state index in [1.165, 1.54) is 18.7 Å². The van der Waals surface area contributed by atoms with E-state index in [0.717, 1.165) is 37.1 Å². The number of hydrogen-bond acceptors (Lipinski definition) is 3. The van der Waals surface area contributed by atoms with E-state index in [-0.39, 0.29) is 11.6 Å². The molecule has 0 aliphatic carbocycles. The zero-order valence-corrected chi connectivity index (χ0v) is 12.7. The average Bonchev–Trinajstić information content (AvgIpc) is 2.62. The minimum Gasteiger partial charge on any atom is -0.477 e. The van der Waals surface area contributed by atoms with Crippen molar-refractivity contribution in [2.45, 2.75) is 19.3 Å². The Morgan fingerprint density at radius 1 is 0.957 bits per heavy atom. The molecule has 1 aromatic carbocycles. The monoisotopic (exact) mass is 310 g/mol. The van der Waals surface area contributed by atoms with E-state index < -0.39 is 5.97 Å². The molecule has 2 aromatic rings. The van der Waals surface area contributed by atoms with Crippen LogP contribution in [0, 0.1) is 0 Å². The molecule has 3 rings (SSSR count). The lowest BCUT2D eigenvalue weighted by molar-refractivity contribution is 0.0688. The van der Waals surface area contributed by atoms with Crippen LogP contribution in [0.4, 0.5) is 0 Å². The van der Waals surface area contributed by atoms with Crippen molar-refractivity contribution < 1.29 is 14.7 Å². The number of aromatic carboxylic acids is 1. The first-order valence-corrected chi connectivity index (χ1v) is 7.74. The molecule has 1 saturated heterocycles. The van der Waals surface area contributed by atoms with Crippen LogP contribution >= 0.6 is 0 Å². The highest BCUT2D eigenvalue weighted by atomic mass is 16.4. The topological polar surface area (TPSA) is 70.5 Å². The largest absolute Gasteiger partial charge is 0.477 e. The number of rotatable bonds is 3. The van der Waals surface area contributed by atoms with Crippen LogP contribution in [0.3, 0.4) is 0 Å². The van der Waals surface area contributed by atoms with Gasteiger partial charge in [0.05, 0.1) is 0 Å². The number of carbonyl (C=O) groups excluding carboxylic acids is 1. The molecule has 5 heteroatoms. The van der Waals surface area contributed by atoms with Crippen molar-refractivity contribution in [2.24, 2.45) is 0 Å². The second-order valence-electron chi connectivity index (χ2n) is 5.67. The van der Waals surface area contributed by atoms with Crippen LogP contribution in [0.5, 0.6) is 0 Å². The highest BCUT2D eigenvalue weighted by Gasteiger charge is 2.18. The molecule has 1 aromatic heterocycles. The van der Waals surface area contributed by atoms with Crippen molar-refractivity contribution in [3.05, 3.63) is 53.9 Å². The molecule has 1 aliphatic heterocycles. The normalized spacial score (nSPS) is 14.5. The minimum atomic E-state index is -1.05. The smallest absolute Gasteiger partial charge is 0.354 e. The van der Waals surface area contributed by atoms with E-state index in [1.54, 1.807) is 18.2 Å². The number of pyridine rings is 1. The average molecular weight is 310 g/mol. The maximum atomic E-state index is 12.4. The van der Waals surface area contributed by atoms with Gasteiger partial charge in [-0.05, 0) is 54.7 Å². The number of nitrogens with zero attached hydrogens (tertiary/aromatic N) is 2. The molecular weight excluding hydrogens is 292 g/mol. The fraction of sp³-hybridized carbons (Fsp3) is 0.278. The number of piperidine rings is 1. The molecule has 0 spiro atoms. The van der Waals surface area contributed by atoms with Gasteiger partial charge in [-0.3, -0.25) is 4.79 Å². The van der Waals surface area contributed by atoms with Crippen molar-refractivity contribution in [3.63, 3.8) is 0 Å². The summed E-state index contributed by atoms with van der Waals surface area (Å²) in [5.41, 5.74) is 2.32. The molecular formula is C18H18N2O3. The van der Waals surface area contributed by atoms with Gasteiger partial charge in [0, 0.05) is 24.8 Å². The third kappa shape index (κ3) is 3.39. The lowest BCUT2D eigenvalue weighted by Crippen LogP contribution is -2.35. The fourth-order valence-corrected chi connectivity index (χ4v) is 2.81. The first kappa shape index (κ1) is 15.2. The summed E-state index contributed by atoms with van der Waals surface area (Å²) in [6, 6.07) is 10.6. The number of carbonyl (C=O) groups is 2. The Bertz CT molecular complexity index is 719. The van der Waals surface area contributed by atoms with Gasteiger partial charge in [-0.2, -0.15) is 0 Å². The van der Waals surface area contributed by atoms with Gasteiger partial charge >= 0.3 is 5.97 Å². The predicted octanol–water partition coefficient (Wildman–Crippen LogP) is 3.07. The Balaban J connectivity index is 1.80. The van der Waals surface area contributed by atoms with Gasteiger partial charge in [-0.15, -0.1) is 0 Å². The van der Waals surface area contributed by atoms with Gasteiger partial charge in [0.1, 0.15) is 5.69 Å². The van der Waals surface area contributed by atoms with Crippen LogP contribution in [0.2, 0.25) is 0 Å². The highest BCUT2D eigenvalue weighted by molar-refractivity contribution is 5.95. The standard InChI is InChI=1S/C18H18N2O3/c21-17(20-10-2-1-3-11-20)14-6-4-13(5-7-14)15-8-9-19-16(12-15)18(22)23/h4-9,12H,1-3,10-11H2,(H,22,23). The van der Waals surface area contributed by atoms with Crippen LogP contribution in [0.25, 0.3) is 11.1 Å². The third-order valence-corrected chi connectivity index (χ3v) is 4.09. The molecule has 1 N–H and O–H groups in total. The molecule has 1 aliphatic rings. The maximum Gasteiger partial charge on any atom is 0.354 e. The summed E-state index contributed by atoms with van der Waals surface area (Å²) >= 11 is 0. The minimum absolute atomic E-state index is 0.0102. The summed E-state index contributed by atoms with van der Waals surface area (Å²) in [6.45, 7) is 1.65. The van der Waals surface area contributed by atoms with E-state index in [1.807, 2.05) is 17.0 Å². The van der Waals surface area contributed by atoms with Gasteiger partial charge in [0.15, 0.2) is 0 Å². The number of carboxylic acids is 1. The molecule has 2 heterocycles. The maximum absolute atomic E-state index is 12.4. The van der Waals surface area contributed by atoms with Crippen molar-refractivity contribution in [1.29, 1.82) is 0 Å². The zero-order chi connectivity index (χ0) is 16.2. The number of amides is 1. The summed E-state index contributed by atoms with van der Waals surface area (Å²) in [4.78, 5) is 29.1. The van der Waals surface area contributed by atoms with Crippen molar-refractivity contribution >= 4 is 11.9 Å². The van der Waals surface area contributed by atoms with E-state index in [2.05, 4.69) is 4.98 Å². The Labute approximate surface area is 134 Å². The van der Waals surface area contributed by atoms with Crippen molar-refractivity contribution in [1.82, 2.24) is 9.88 Å². The molecule has 5 nitrogen and oxygen atoms in total. The van der Waals surface area contributed by atoms with E-state index in [0.29, 0.717) is 5.56 Å². The number of carboxylic acid groups (broad SMARTS) is 1. The fourth-order valence-electron chi connectivity index (χ4n) is 2.81. The van der Waals surface area contributed by atoms with Crippen LogP contribution < -0.4 is 0 Å². The van der Waals surface area contributed by atoms with Crippen molar-refractivity contribution in [2.75, 3.05) is 13.1 Å². The molecule has 0 saturated carbocycles. The Kier molecular flexibility index (Phi) is 4.37. The van der Waals surface area contributed by atoms with Crippen LogP contribution in [-0.2, 0) is 0 Å². The van der Waals surface area contributed by atoms with Crippen LogP contribution in [-0.4, -0.2) is 40.0 Å². The first-order valence-electron chi connectivity index (χ1n) is 7.74. The summed E-state index contributed by atoms with van der Waals surface area (Å²) < 4.78 is 0. The van der Waals surface area contributed by atoms with Gasteiger partial charge < -0.3 is 10.0 Å². The van der Waals surface area contributed by atoms with Crippen LogP contribution in [0.15, 0.2) is 42.6 Å². The quantitative estimate of drug-likeness (QED) is 0.946. The number of aromatic nitrogens is 1. The molecule has 0 bridgehead atoms. The lowest BCUT2D eigenvalue weighted by atomic mass is 10.0. The first-order chi connectivity index (χ1) is 11.1. The highest BCUT2D eigenvalue weighted by Crippen LogP contribution is 2.21. The molecule has 1 fully saturated rings. The Hall–Kier alpha value is -2.69. The summed E-state index contributed by atoms with van der Waals surface area (Å²) in [5.74, 6) is -0.985. The lowest BCUT2D eigenvalue weighted by Gasteiger charge is -2.26. The van der Waals surface area contributed by atoms with E-state index in [9.17, 15) is 9.59 Å². The second-order valence-corrected chi connectivity index (χ2v) is 5.67. The zero-order valence-electron chi connectivity index (χ0n) is 12.7. The SMILES string of the molecule is O=C(O)c1cc(-c2ccc(C(=O)N3CCCCC3)cc2)ccn1. The van der Waals surface area contributed by atoms with E-state index >= 15 is 0 Å². The Morgan fingerprint density at radius 2 is 1.65 bits per heavy atom. The number of benzene rings is 1. The third-order valence-electron chi connectivity index (χ3n) is 4.09. The molecule has 1 amide bonds. The number of likely N-dealkylation sites (tertiary alicyclic amines) is 1.